The summed E-state index contributed by atoms with van der Waals surface area (Å²) in [6, 6.07) is 12.3. The third-order valence-electron chi connectivity index (χ3n) is 6.11. The van der Waals surface area contributed by atoms with Crippen LogP contribution in [-0.2, 0) is 14.3 Å². The van der Waals surface area contributed by atoms with E-state index in [1.807, 2.05) is 24.3 Å². The van der Waals surface area contributed by atoms with Crippen LogP contribution >= 0.6 is 11.3 Å². The molecule has 0 spiro atoms. The molecule has 0 bridgehead atoms. The van der Waals surface area contributed by atoms with Gasteiger partial charge in [0.1, 0.15) is 0 Å². The highest BCUT2D eigenvalue weighted by atomic mass is 32.1. The number of rotatable bonds is 6. The number of ether oxygens (including phenoxy) is 3. The van der Waals surface area contributed by atoms with Crippen molar-refractivity contribution >= 4 is 29.4 Å². The number of benzene rings is 2. The van der Waals surface area contributed by atoms with Crippen molar-refractivity contribution in [1.29, 1.82) is 0 Å². The number of aromatic nitrogens is 1. The first-order chi connectivity index (χ1) is 17.7. The average Bonchev–Trinajstić information content (AvgIpc) is 3.17. The Bertz CT molecular complexity index is 1580. The van der Waals surface area contributed by atoms with Crippen LogP contribution in [0.2, 0.25) is 0 Å². The average molecular weight is 521 g/mol. The van der Waals surface area contributed by atoms with E-state index in [1.165, 1.54) is 37.0 Å². The Labute approximate surface area is 218 Å². The predicted octanol–water partition coefficient (Wildman–Crippen LogP) is 3.47. The summed E-state index contributed by atoms with van der Waals surface area (Å²) in [4.78, 5) is 43.4. The monoisotopic (exact) mass is 520 g/mol. The normalized spacial score (nSPS) is 15.3. The van der Waals surface area contributed by atoms with Gasteiger partial charge in [0.05, 0.1) is 36.1 Å². The topological polar surface area (TPSA) is 96.2 Å². The number of para-hydroxylation sites is 1. The van der Waals surface area contributed by atoms with Gasteiger partial charge in [-0.15, -0.1) is 0 Å². The summed E-state index contributed by atoms with van der Waals surface area (Å²) >= 11 is 1.19. The van der Waals surface area contributed by atoms with Gasteiger partial charge in [0, 0.05) is 12.5 Å². The van der Waals surface area contributed by atoms with Crippen molar-refractivity contribution in [2.45, 2.75) is 39.7 Å². The van der Waals surface area contributed by atoms with Crippen molar-refractivity contribution < 1.29 is 23.8 Å². The summed E-state index contributed by atoms with van der Waals surface area (Å²) in [5.41, 5.74) is 2.88. The smallest absolute Gasteiger partial charge is 0.338 e. The summed E-state index contributed by atoms with van der Waals surface area (Å²) < 4.78 is 17.7. The van der Waals surface area contributed by atoms with E-state index in [2.05, 4.69) is 18.8 Å². The van der Waals surface area contributed by atoms with Gasteiger partial charge in [-0.3, -0.25) is 14.2 Å². The van der Waals surface area contributed by atoms with Gasteiger partial charge in [0.15, 0.2) is 16.3 Å². The van der Waals surface area contributed by atoms with Gasteiger partial charge in [-0.25, -0.2) is 9.79 Å². The first kappa shape index (κ1) is 26.1. The highest BCUT2D eigenvalue weighted by Crippen LogP contribution is 2.33. The Morgan fingerprint density at radius 2 is 1.81 bits per heavy atom. The van der Waals surface area contributed by atoms with Crippen LogP contribution in [0.3, 0.4) is 0 Å². The largest absolute Gasteiger partial charge is 0.493 e. The van der Waals surface area contributed by atoms with Crippen LogP contribution in [0.25, 0.3) is 6.08 Å². The maximum absolute atomic E-state index is 13.8. The molecule has 192 valence electrons. The van der Waals surface area contributed by atoms with Gasteiger partial charge in [0.2, 0.25) is 0 Å². The molecule has 1 atom stereocenters. The molecule has 0 fully saturated rings. The summed E-state index contributed by atoms with van der Waals surface area (Å²) in [5, 5.41) is 0. The molecule has 0 saturated heterocycles. The second-order valence-corrected chi connectivity index (χ2v) is 9.88. The number of esters is 2. The zero-order chi connectivity index (χ0) is 26.9. The van der Waals surface area contributed by atoms with E-state index in [0.29, 0.717) is 37.8 Å². The molecule has 0 N–H and O–H groups in total. The van der Waals surface area contributed by atoms with Gasteiger partial charge < -0.3 is 14.2 Å². The van der Waals surface area contributed by atoms with E-state index >= 15 is 0 Å². The second-order valence-electron chi connectivity index (χ2n) is 8.87. The van der Waals surface area contributed by atoms with Crippen LogP contribution in [0.15, 0.2) is 63.5 Å². The molecule has 1 unspecified atom stereocenters. The molecular weight excluding hydrogens is 492 g/mol. The van der Waals surface area contributed by atoms with Crippen LogP contribution in [0.4, 0.5) is 0 Å². The predicted molar refractivity (Wildman–Crippen MR) is 141 cm³/mol. The zero-order valence-corrected chi connectivity index (χ0v) is 22.3. The first-order valence-corrected chi connectivity index (χ1v) is 12.5. The van der Waals surface area contributed by atoms with E-state index in [-0.39, 0.29) is 11.3 Å². The van der Waals surface area contributed by atoms with Gasteiger partial charge in [0.25, 0.3) is 5.56 Å². The van der Waals surface area contributed by atoms with Crippen LogP contribution in [-0.4, -0.2) is 30.7 Å². The molecule has 2 heterocycles. The fourth-order valence-electron chi connectivity index (χ4n) is 4.27. The molecular formula is C28H28N2O6S. The first-order valence-electron chi connectivity index (χ1n) is 11.7. The molecule has 8 nitrogen and oxygen atoms in total. The summed E-state index contributed by atoms with van der Waals surface area (Å²) in [6.07, 6.45) is 1.64. The third kappa shape index (κ3) is 4.99. The number of carbonyl (C=O) groups is 2. The molecule has 0 aliphatic carbocycles. The lowest BCUT2D eigenvalue weighted by molar-refractivity contribution is -0.136. The number of thiazole rings is 1. The van der Waals surface area contributed by atoms with E-state index in [0.717, 1.165) is 11.1 Å². The Kier molecular flexibility index (Phi) is 7.45. The SMILES string of the molecule is COC(=O)C1=C(C)N=c2sc(=Cc3cccc(OC)c3OC(C)=O)c(=O)n2C1c1ccc(C(C)C)cc1. The molecule has 4 rings (SSSR count). The maximum atomic E-state index is 13.8. The Morgan fingerprint density at radius 3 is 2.41 bits per heavy atom. The van der Waals surface area contributed by atoms with Gasteiger partial charge in [-0.2, -0.15) is 0 Å². The second kappa shape index (κ2) is 10.6. The van der Waals surface area contributed by atoms with Crippen molar-refractivity contribution in [3.05, 3.63) is 90.1 Å². The number of fused-ring (bicyclic) bond motifs is 1. The zero-order valence-electron chi connectivity index (χ0n) is 21.5. The van der Waals surface area contributed by atoms with Crippen molar-refractivity contribution in [1.82, 2.24) is 4.57 Å². The van der Waals surface area contributed by atoms with Crippen molar-refractivity contribution in [3.8, 4) is 11.5 Å². The molecule has 1 aliphatic heterocycles. The summed E-state index contributed by atoms with van der Waals surface area (Å²) in [6.45, 7) is 7.24. The molecule has 3 aromatic rings. The third-order valence-corrected chi connectivity index (χ3v) is 7.09. The molecule has 1 aromatic heterocycles. The van der Waals surface area contributed by atoms with Crippen LogP contribution < -0.4 is 24.4 Å². The Morgan fingerprint density at radius 1 is 1.11 bits per heavy atom. The number of hydrogen-bond acceptors (Lipinski definition) is 8. The minimum Gasteiger partial charge on any atom is -0.493 e. The molecule has 0 amide bonds. The number of carbonyl (C=O) groups excluding carboxylic acids is 2. The highest BCUT2D eigenvalue weighted by molar-refractivity contribution is 7.07. The lowest BCUT2D eigenvalue weighted by Gasteiger charge is -2.24. The standard InChI is InChI=1S/C28H28N2O6S/c1-15(2)18-10-12-19(13-11-18)24-23(27(33)35-6)16(3)29-28-30(24)26(32)22(37-28)14-20-8-7-9-21(34-5)25(20)36-17(4)31/h7-15,24H,1-6H3. The van der Waals surface area contributed by atoms with Gasteiger partial charge in [-0.05, 0) is 36.1 Å². The summed E-state index contributed by atoms with van der Waals surface area (Å²) in [7, 11) is 2.79. The molecule has 1 aliphatic rings. The molecule has 0 saturated carbocycles. The van der Waals surface area contributed by atoms with Gasteiger partial charge in [-0.1, -0.05) is 61.6 Å². The maximum Gasteiger partial charge on any atom is 0.338 e. The van der Waals surface area contributed by atoms with Crippen LogP contribution in [0.5, 0.6) is 11.5 Å². The number of nitrogens with zero attached hydrogens (tertiary/aromatic N) is 2. The summed E-state index contributed by atoms with van der Waals surface area (Å²) in [5.74, 6) is -0.135. The quantitative estimate of drug-likeness (QED) is 0.365. The number of methoxy groups -OCH3 is 2. The van der Waals surface area contributed by atoms with Crippen LogP contribution in [0.1, 0.15) is 56.3 Å². The molecule has 0 radical (unpaired) electrons. The Hall–Kier alpha value is -3.98. The molecule has 2 aromatic carbocycles. The number of hydrogen-bond donors (Lipinski definition) is 0. The lowest BCUT2D eigenvalue weighted by atomic mass is 9.93. The Balaban J connectivity index is 1.96. The fraction of sp³-hybridized carbons (Fsp3) is 0.286. The lowest BCUT2D eigenvalue weighted by Crippen LogP contribution is -2.39. The van der Waals surface area contributed by atoms with E-state index in [9.17, 15) is 14.4 Å². The molecule has 37 heavy (non-hydrogen) atoms. The minimum absolute atomic E-state index is 0.218. The van der Waals surface area contributed by atoms with Crippen molar-refractivity contribution in [2.24, 2.45) is 4.99 Å². The van der Waals surface area contributed by atoms with E-state index < -0.39 is 18.0 Å². The number of allylic oxidation sites excluding steroid dienone is 1. The van der Waals surface area contributed by atoms with Crippen LogP contribution in [0, 0.1) is 0 Å². The fourth-order valence-corrected chi connectivity index (χ4v) is 5.31. The van der Waals surface area contributed by atoms with Gasteiger partial charge >= 0.3 is 11.9 Å². The van der Waals surface area contributed by atoms with E-state index in [4.69, 9.17) is 14.2 Å². The molecule has 9 heteroatoms. The van der Waals surface area contributed by atoms with E-state index in [1.54, 1.807) is 31.2 Å². The minimum atomic E-state index is -0.703. The highest BCUT2D eigenvalue weighted by Gasteiger charge is 2.33. The van der Waals surface area contributed by atoms with Crippen molar-refractivity contribution in [2.75, 3.05) is 14.2 Å². The van der Waals surface area contributed by atoms with Crippen molar-refractivity contribution in [3.63, 3.8) is 0 Å².